The average Bonchev–Trinajstić information content (AvgIpc) is 3.09. The summed E-state index contributed by atoms with van der Waals surface area (Å²) in [6.45, 7) is 0. The maximum absolute atomic E-state index is 14.3. The molecule has 1 aromatic carbocycles. The normalized spacial score (nSPS) is 17.3. The monoisotopic (exact) mass is 333 g/mol. The summed E-state index contributed by atoms with van der Waals surface area (Å²) in [6.07, 6.45) is 3.12. The van der Waals surface area contributed by atoms with E-state index in [0.717, 1.165) is 37.1 Å². The lowest BCUT2D eigenvalue weighted by Gasteiger charge is -2.18. The van der Waals surface area contributed by atoms with Crippen molar-refractivity contribution in [3.05, 3.63) is 47.4 Å². The molecule has 2 N–H and O–H groups in total. The second-order valence-electron chi connectivity index (χ2n) is 5.37. The van der Waals surface area contributed by atoms with E-state index in [9.17, 15) is 13.2 Å². The van der Waals surface area contributed by atoms with Gasteiger partial charge in [0, 0.05) is 5.56 Å². The van der Waals surface area contributed by atoms with Gasteiger partial charge < -0.3 is 10.3 Å². The largest absolute Gasteiger partial charge is 0.350 e. The van der Waals surface area contributed by atoms with Gasteiger partial charge in [-0.05, 0) is 37.1 Å². The first-order valence-electron chi connectivity index (χ1n) is 6.69. The molecule has 1 heterocycles. The number of benzene rings is 1. The van der Waals surface area contributed by atoms with Crippen LogP contribution < -0.4 is 5.73 Å². The minimum absolute atomic E-state index is 0. The summed E-state index contributed by atoms with van der Waals surface area (Å²) in [5.74, 6) is -4.78. The van der Waals surface area contributed by atoms with Crippen LogP contribution in [0.3, 0.4) is 0 Å². The van der Waals surface area contributed by atoms with Crippen LogP contribution in [-0.4, -0.2) is 10.1 Å². The van der Waals surface area contributed by atoms with E-state index >= 15 is 0 Å². The van der Waals surface area contributed by atoms with Crippen LogP contribution in [0.1, 0.15) is 43.0 Å². The molecule has 8 heteroatoms. The fourth-order valence-corrected chi connectivity index (χ4v) is 2.57. The SMILES string of the molecule is Cl.NC1(c2noc(C(F)(F)c3ccc(F)cc3)n2)CCCC1. The van der Waals surface area contributed by atoms with Crippen LogP contribution in [0, 0.1) is 5.82 Å². The molecule has 22 heavy (non-hydrogen) atoms. The zero-order chi connectivity index (χ0) is 15.1. The zero-order valence-electron chi connectivity index (χ0n) is 11.6. The molecule has 1 aromatic heterocycles. The first kappa shape index (κ1) is 16.8. The molecule has 0 saturated heterocycles. The van der Waals surface area contributed by atoms with E-state index in [2.05, 4.69) is 10.1 Å². The molecule has 0 unspecified atom stereocenters. The molecule has 4 nitrogen and oxygen atoms in total. The van der Waals surface area contributed by atoms with Crippen molar-refractivity contribution in [3.8, 4) is 0 Å². The number of hydrogen-bond donors (Lipinski definition) is 1. The van der Waals surface area contributed by atoms with E-state index in [4.69, 9.17) is 10.3 Å². The van der Waals surface area contributed by atoms with Crippen molar-refractivity contribution < 1.29 is 17.7 Å². The van der Waals surface area contributed by atoms with Gasteiger partial charge >= 0.3 is 11.8 Å². The molecule has 0 bridgehead atoms. The number of nitrogens with two attached hydrogens (primary N) is 1. The summed E-state index contributed by atoms with van der Waals surface area (Å²) in [5.41, 5.74) is 4.92. The van der Waals surface area contributed by atoms with Crippen LogP contribution in [-0.2, 0) is 11.5 Å². The van der Waals surface area contributed by atoms with Gasteiger partial charge in [-0.25, -0.2) is 4.39 Å². The molecule has 0 aliphatic heterocycles. The number of hydrogen-bond acceptors (Lipinski definition) is 4. The zero-order valence-corrected chi connectivity index (χ0v) is 12.4. The Balaban J connectivity index is 0.00000176. The summed E-state index contributed by atoms with van der Waals surface area (Å²) in [6, 6.07) is 3.91. The Hall–Kier alpha value is -1.60. The van der Waals surface area contributed by atoms with Gasteiger partial charge in [-0.15, -0.1) is 12.4 Å². The first-order chi connectivity index (χ1) is 9.92. The third-order valence-corrected chi connectivity index (χ3v) is 3.84. The number of rotatable bonds is 3. The summed E-state index contributed by atoms with van der Waals surface area (Å²) in [4.78, 5) is 3.79. The van der Waals surface area contributed by atoms with Crippen molar-refractivity contribution >= 4 is 12.4 Å². The van der Waals surface area contributed by atoms with Gasteiger partial charge in [0.25, 0.3) is 0 Å². The lowest BCUT2D eigenvalue weighted by Crippen LogP contribution is -2.34. The molecule has 0 radical (unpaired) electrons. The lowest BCUT2D eigenvalue weighted by atomic mass is 9.98. The van der Waals surface area contributed by atoms with E-state index in [1.807, 2.05) is 0 Å². The average molecular weight is 334 g/mol. The number of alkyl halides is 2. The van der Waals surface area contributed by atoms with Crippen molar-refractivity contribution in [1.82, 2.24) is 10.1 Å². The van der Waals surface area contributed by atoms with E-state index in [1.165, 1.54) is 0 Å². The van der Waals surface area contributed by atoms with E-state index in [0.29, 0.717) is 12.8 Å². The Morgan fingerprint density at radius 1 is 1.14 bits per heavy atom. The molecule has 0 spiro atoms. The molecule has 3 rings (SSSR count). The highest BCUT2D eigenvalue weighted by atomic mass is 35.5. The molecule has 1 aliphatic carbocycles. The highest BCUT2D eigenvalue weighted by Crippen LogP contribution is 2.38. The summed E-state index contributed by atoms with van der Waals surface area (Å²) < 4.78 is 46.1. The quantitative estimate of drug-likeness (QED) is 0.933. The van der Waals surface area contributed by atoms with Crippen LogP contribution in [0.15, 0.2) is 28.8 Å². The second kappa shape index (κ2) is 5.89. The van der Waals surface area contributed by atoms with Crippen LogP contribution in [0.2, 0.25) is 0 Å². The Morgan fingerprint density at radius 2 is 1.73 bits per heavy atom. The Labute approximate surface area is 131 Å². The smallest absolute Gasteiger partial charge is 0.332 e. The van der Waals surface area contributed by atoms with Crippen LogP contribution in [0.4, 0.5) is 13.2 Å². The topological polar surface area (TPSA) is 64.9 Å². The minimum atomic E-state index is -3.48. The van der Waals surface area contributed by atoms with Gasteiger partial charge in [-0.3, -0.25) is 0 Å². The third-order valence-electron chi connectivity index (χ3n) is 3.84. The van der Waals surface area contributed by atoms with Gasteiger partial charge in [0.15, 0.2) is 5.82 Å². The van der Waals surface area contributed by atoms with E-state index in [-0.39, 0.29) is 18.2 Å². The Kier molecular flexibility index (Phi) is 4.49. The van der Waals surface area contributed by atoms with Crippen molar-refractivity contribution in [2.75, 3.05) is 0 Å². The number of nitrogens with zero attached hydrogens (tertiary/aromatic N) is 2. The molecular formula is C14H15ClF3N3O. The van der Waals surface area contributed by atoms with Crippen molar-refractivity contribution in [1.29, 1.82) is 0 Å². The van der Waals surface area contributed by atoms with E-state index < -0.39 is 28.7 Å². The molecule has 0 atom stereocenters. The first-order valence-corrected chi connectivity index (χ1v) is 6.69. The molecule has 0 amide bonds. The van der Waals surface area contributed by atoms with Crippen LogP contribution in [0.5, 0.6) is 0 Å². The van der Waals surface area contributed by atoms with Gasteiger partial charge in [0.2, 0.25) is 0 Å². The maximum Gasteiger partial charge on any atom is 0.350 e. The third kappa shape index (κ3) is 2.83. The van der Waals surface area contributed by atoms with Gasteiger partial charge in [0.1, 0.15) is 5.82 Å². The predicted octanol–water partition coefficient (Wildman–Crippen LogP) is 3.50. The van der Waals surface area contributed by atoms with Crippen LogP contribution >= 0.6 is 12.4 Å². The van der Waals surface area contributed by atoms with Crippen LogP contribution in [0.25, 0.3) is 0 Å². The van der Waals surface area contributed by atoms with Crippen molar-refractivity contribution in [2.45, 2.75) is 37.1 Å². The highest BCUT2D eigenvalue weighted by molar-refractivity contribution is 5.85. The fourth-order valence-electron chi connectivity index (χ4n) is 2.57. The van der Waals surface area contributed by atoms with Crippen molar-refractivity contribution in [3.63, 3.8) is 0 Å². The van der Waals surface area contributed by atoms with Gasteiger partial charge in [-0.1, -0.05) is 18.0 Å². The maximum atomic E-state index is 14.3. The fraction of sp³-hybridized carbons (Fsp3) is 0.429. The summed E-state index contributed by atoms with van der Waals surface area (Å²) >= 11 is 0. The van der Waals surface area contributed by atoms with Gasteiger partial charge in [-0.2, -0.15) is 13.8 Å². The number of aromatic nitrogens is 2. The molecular weight excluding hydrogens is 319 g/mol. The second-order valence-corrected chi connectivity index (χ2v) is 5.37. The predicted molar refractivity (Wildman–Crippen MR) is 75.3 cm³/mol. The molecule has 2 aromatic rings. The molecule has 1 aliphatic rings. The number of halogens is 4. The molecule has 1 saturated carbocycles. The Bertz CT molecular complexity index is 639. The standard InChI is InChI=1S/C14H14F3N3O.ClH/c15-10-5-3-9(4-6-10)14(16,17)12-19-11(20-21-12)13(18)7-1-2-8-13;/h3-6H,1-2,7-8,18H2;1H. The molecule has 1 fully saturated rings. The van der Waals surface area contributed by atoms with Gasteiger partial charge in [0.05, 0.1) is 5.54 Å². The van der Waals surface area contributed by atoms with E-state index in [1.54, 1.807) is 0 Å². The summed E-state index contributed by atoms with van der Waals surface area (Å²) in [5, 5.41) is 3.61. The highest BCUT2D eigenvalue weighted by Gasteiger charge is 2.43. The Morgan fingerprint density at radius 3 is 2.32 bits per heavy atom. The van der Waals surface area contributed by atoms with Crippen molar-refractivity contribution in [2.24, 2.45) is 5.73 Å². The molecule has 120 valence electrons. The summed E-state index contributed by atoms with van der Waals surface area (Å²) in [7, 11) is 0. The minimum Gasteiger partial charge on any atom is -0.332 e. The lowest BCUT2D eigenvalue weighted by molar-refractivity contribution is 0.00756.